The monoisotopic (exact) mass is 299 g/mol. The molecule has 1 aromatic carbocycles. The summed E-state index contributed by atoms with van der Waals surface area (Å²) in [5.74, 6) is -1.22. The van der Waals surface area contributed by atoms with Crippen molar-refractivity contribution in [3.05, 3.63) is 29.8 Å². The maximum absolute atomic E-state index is 12.0. The van der Waals surface area contributed by atoms with Crippen molar-refractivity contribution in [3.63, 3.8) is 0 Å². The topological polar surface area (TPSA) is 75.6 Å². The Kier molecular flexibility index (Phi) is 4.72. The number of amides is 1. The minimum atomic E-state index is -2.92. The highest BCUT2D eigenvalue weighted by Gasteiger charge is 2.33. The van der Waals surface area contributed by atoms with E-state index < -0.39 is 24.5 Å². The summed E-state index contributed by atoms with van der Waals surface area (Å²) in [5.41, 5.74) is 0.271. The molecule has 1 aromatic rings. The second kappa shape index (κ2) is 6.51. The summed E-state index contributed by atoms with van der Waals surface area (Å²) in [6.45, 7) is -2.92. The maximum Gasteiger partial charge on any atom is 0.387 e. The zero-order chi connectivity index (χ0) is 15.4. The normalized spacial score (nSPS) is 15.6. The van der Waals surface area contributed by atoms with Gasteiger partial charge in [-0.1, -0.05) is 0 Å². The number of nitrogens with one attached hydrogen (secondary N) is 1. The number of carbonyl (C=O) groups excluding carboxylic acids is 1. The van der Waals surface area contributed by atoms with Gasteiger partial charge in [-0.05, 0) is 43.0 Å². The Balaban J connectivity index is 1.96. The third-order valence-corrected chi connectivity index (χ3v) is 3.24. The number of benzene rings is 1. The highest BCUT2D eigenvalue weighted by Crippen LogP contribution is 2.34. The molecule has 2 N–H and O–H groups in total. The number of aliphatic carboxylic acids is 1. The van der Waals surface area contributed by atoms with Gasteiger partial charge < -0.3 is 15.2 Å². The largest absolute Gasteiger partial charge is 0.481 e. The average molecular weight is 299 g/mol. The summed E-state index contributed by atoms with van der Waals surface area (Å²) < 4.78 is 28.2. The lowest BCUT2D eigenvalue weighted by molar-refractivity contribution is -0.137. The van der Waals surface area contributed by atoms with Crippen LogP contribution in [0.25, 0.3) is 0 Å². The fourth-order valence-electron chi connectivity index (χ4n) is 2.06. The lowest BCUT2D eigenvalue weighted by Crippen LogP contribution is -2.38. The van der Waals surface area contributed by atoms with E-state index in [2.05, 4.69) is 10.1 Å². The Morgan fingerprint density at radius 1 is 1.29 bits per heavy atom. The summed E-state index contributed by atoms with van der Waals surface area (Å²) in [6, 6.07) is 4.86. The number of ether oxygens (including phenoxy) is 1. The molecule has 0 heterocycles. The number of carboxylic acid groups (broad SMARTS) is 1. The summed E-state index contributed by atoms with van der Waals surface area (Å²) >= 11 is 0. The molecule has 0 radical (unpaired) electrons. The number of rotatable bonds is 7. The smallest absolute Gasteiger partial charge is 0.387 e. The molecule has 7 heteroatoms. The quantitative estimate of drug-likeness (QED) is 0.810. The van der Waals surface area contributed by atoms with Crippen molar-refractivity contribution in [1.82, 2.24) is 5.32 Å². The van der Waals surface area contributed by atoms with Gasteiger partial charge in [0.1, 0.15) is 5.75 Å². The molecule has 1 amide bonds. The van der Waals surface area contributed by atoms with Gasteiger partial charge in [0.25, 0.3) is 5.91 Å². The number of hydrogen-bond donors (Lipinski definition) is 2. The zero-order valence-electron chi connectivity index (χ0n) is 11.1. The Morgan fingerprint density at radius 3 is 2.38 bits per heavy atom. The molecule has 5 nitrogen and oxygen atoms in total. The first-order valence-electron chi connectivity index (χ1n) is 6.53. The fraction of sp³-hybridized carbons (Fsp3) is 0.429. The molecule has 1 aliphatic carbocycles. The van der Waals surface area contributed by atoms with Crippen molar-refractivity contribution in [2.45, 2.75) is 31.9 Å². The van der Waals surface area contributed by atoms with Crippen LogP contribution in [-0.4, -0.2) is 29.6 Å². The van der Waals surface area contributed by atoms with E-state index in [1.54, 1.807) is 0 Å². The predicted octanol–water partition coefficient (Wildman–Crippen LogP) is 2.27. The van der Waals surface area contributed by atoms with Gasteiger partial charge in [0, 0.05) is 11.6 Å². The molecule has 0 saturated heterocycles. The number of halogens is 2. The molecule has 0 aromatic heterocycles. The van der Waals surface area contributed by atoms with Crippen molar-refractivity contribution in [1.29, 1.82) is 0 Å². The van der Waals surface area contributed by atoms with Crippen LogP contribution < -0.4 is 10.1 Å². The molecule has 21 heavy (non-hydrogen) atoms. The van der Waals surface area contributed by atoms with Crippen molar-refractivity contribution >= 4 is 11.9 Å². The molecule has 1 atom stereocenters. The van der Waals surface area contributed by atoms with E-state index in [1.807, 2.05) is 0 Å². The highest BCUT2D eigenvalue weighted by molar-refractivity contribution is 5.94. The molecule has 1 fully saturated rings. The highest BCUT2D eigenvalue weighted by atomic mass is 19.3. The van der Waals surface area contributed by atoms with Gasteiger partial charge in [0.05, 0.1) is 6.42 Å². The van der Waals surface area contributed by atoms with Crippen LogP contribution in [0.2, 0.25) is 0 Å². The van der Waals surface area contributed by atoms with Crippen LogP contribution in [0.15, 0.2) is 24.3 Å². The first kappa shape index (κ1) is 15.2. The molecular formula is C14H15F2NO4. The Labute approximate surface area is 119 Å². The molecule has 0 aliphatic heterocycles. The summed E-state index contributed by atoms with van der Waals surface area (Å²) in [6.07, 6.45) is 1.68. The van der Waals surface area contributed by atoms with E-state index >= 15 is 0 Å². The molecule has 1 aliphatic rings. The van der Waals surface area contributed by atoms with E-state index in [1.165, 1.54) is 24.3 Å². The number of alkyl halides is 2. The van der Waals surface area contributed by atoms with Gasteiger partial charge in [-0.3, -0.25) is 9.59 Å². The van der Waals surface area contributed by atoms with E-state index in [0.717, 1.165) is 12.8 Å². The van der Waals surface area contributed by atoms with Crippen LogP contribution >= 0.6 is 0 Å². The van der Waals surface area contributed by atoms with Crippen LogP contribution in [-0.2, 0) is 4.79 Å². The first-order chi connectivity index (χ1) is 9.95. The molecular weight excluding hydrogens is 284 g/mol. The van der Waals surface area contributed by atoms with Gasteiger partial charge in [-0.2, -0.15) is 8.78 Å². The number of hydrogen-bond acceptors (Lipinski definition) is 3. The van der Waals surface area contributed by atoms with Crippen LogP contribution in [0.3, 0.4) is 0 Å². The van der Waals surface area contributed by atoms with E-state index in [0.29, 0.717) is 0 Å². The molecule has 1 unspecified atom stereocenters. The first-order valence-corrected chi connectivity index (χ1v) is 6.53. The van der Waals surface area contributed by atoms with Crippen molar-refractivity contribution in [2.24, 2.45) is 5.92 Å². The fourth-order valence-corrected chi connectivity index (χ4v) is 2.06. The second-order valence-corrected chi connectivity index (χ2v) is 4.92. The van der Waals surface area contributed by atoms with E-state index in [-0.39, 0.29) is 23.7 Å². The van der Waals surface area contributed by atoms with Crippen LogP contribution in [0.5, 0.6) is 5.75 Å². The van der Waals surface area contributed by atoms with Crippen LogP contribution in [0, 0.1) is 5.92 Å². The maximum atomic E-state index is 12.0. The van der Waals surface area contributed by atoms with Gasteiger partial charge >= 0.3 is 12.6 Å². The minimum Gasteiger partial charge on any atom is -0.481 e. The standard InChI is InChI=1S/C14H15F2NO4/c15-14(16)21-10-5-3-9(4-6-10)13(20)17-11(7-12(18)19)8-1-2-8/h3-6,8,11,14H,1-2,7H2,(H,17,20)(H,18,19). The Bertz CT molecular complexity index is 514. The lowest BCUT2D eigenvalue weighted by atomic mass is 10.1. The van der Waals surface area contributed by atoms with Crippen LogP contribution in [0.1, 0.15) is 29.6 Å². The summed E-state index contributed by atoms with van der Waals surface area (Å²) in [5, 5.41) is 11.5. The molecule has 1 saturated carbocycles. The third-order valence-electron chi connectivity index (χ3n) is 3.24. The Hall–Kier alpha value is -2.18. The van der Waals surface area contributed by atoms with E-state index in [4.69, 9.17) is 5.11 Å². The average Bonchev–Trinajstić information content (AvgIpc) is 3.21. The Morgan fingerprint density at radius 2 is 1.90 bits per heavy atom. The third kappa shape index (κ3) is 4.70. The van der Waals surface area contributed by atoms with Gasteiger partial charge in [-0.25, -0.2) is 0 Å². The predicted molar refractivity (Wildman–Crippen MR) is 69.3 cm³/mol. The SMILES string of the molecule is O=C(O)CC(NC(=O)c1ccc(OC(F)F)cc1)C1CC1. The summed E-state index contributed by atoms with van der Waals surface area (Å²) in [4.78, 5) is 22.8. The molecule has 0 spiro atoms. The minimum absolute atomic E-state index is 0.0363. The van der Waals surface area contributed by atoms with Crippen molar-refractivity contribution in [2.75, 3.05) is 0 Å². The molecule has 0 bridgehead atoms. The van der Waals surface area contributed by atoms with Gasteiger partial charge in [0.2, 0.25) is 0 Å². The van der Waals surface area contributed by atoms with Crippen molar-refractivity contribution < 1.29 is 28.2 Å². The van der Waals surface area contributed by atoms with Crippen LogP contribution in [0.4, 0.5) is 8.78 Å². The van der Waals surface area contributed by atoms with Crippen molar-refractivity contribution in [3.8, 4) is 5.75 Å². The second-order valence-electron chi connectivity index (χ2n) is 4.92. The van der Waals surface area contributed by atoms with E-state index in [9.17, 15) is 18.4 Å². The number of carbonyl (C=O) groups is 2. The molecule has 2 rings (SSSR count). The number of carboxylic acids is 1. The summed E-state index contributed by atoms with van der Waals surface area (Å²) in [7, 11) is 0. The molecule has 114 valence electrons. The zero-order valence-corrected chi connectivity index (χ0v) is 11.1. The van der Waals surface area contributed by atoms with Gasteiger partial charge in [0.15, 0.2) is 0 Å². The lowest BCUT2D eigenvalue weighted by Gasteiger charge is -2.16. The van der Waals surface area contributed by atoms with Gasteiger partial charge in [-0.15, -0.1) is 0 Å².